The van der Waals surface area contributed by atoms with E-state index in [1.807, 2.05) is 0 Å². The molecule has 0 spiro atoms. The van der Waals surface area contributed by atoms with Crippen LogP contribution in [0.2, 0.25) is 0 Å². The normalized spacial score (nSPS) is 10.5. The molecule has 0 radical (unpaired) electrons. The molecule has 0 saturated heterocycles. The summed E-state index contributed by atoms with van der Waals surface area (Å²) in [5.74, 6) is -1.20. The van der Waals surface area contributed by atoms with Gasteiger partial charge < -0.3 is 4.74 Å². The van der Waals surface area contributed by atoms with E-state index in [-0.39, 0.29) is 16.5 Å². The summed E-state index contributed by atoms with van der Waals surface area (Å²) in [5.41, 5.74) is 0. The molecule has 0 aliphatic rings. The van der Waals surface area contributed by atoms with Gasteiger partial charge in [0.05, 0.1) is 7.11 Å². The van der Waals surface area contributed by atoms with Crippen molar-refractivity contribution in [2.75, 3.05) is 7.11 Å². The molecule has 0 fully saturated rings. The van der Waals surface area contributed by atoms with E-state index in [1.165, 1.54) is 25.6 Å². The Balaban J connectivity index is 2.87. The first-order valence-corrected chi connectivity index (χ1v) is 3.99. The number of pyridine rings is 1. The first-order valence-electron chi connectivity index (χ1n) is 3.99. The maximum absolute atomic E-state index is 13.5. The number of rotatable bonds is 1. The third-order valence-electron chi connectivity index (χ3n) is 2.01. The fraction of sp³-hybridized carbons (Fsp3) is 0.100. The second kappa shape index (κ2) is 3.21. The van der Waals surface area contributed by atoms with Gasteiger partial charge >= 0.3 is 0 Å². The van der Waals surface area contributed by atoms with E-state index >= 15 is 0 Å². The number of fused-ring (bicyclic) bond motifs is 1. The lowest BCUT2D eigenvalue weighted by Gasteiger charge is -2.05. The largest absolute Gasteiger partial charge is 0.494 e. The van der Waals surface area contributed by atoms with E-state index in [9.17, 15) is 8.78 Å². The number of aromatic nitrogens is 1. The first-order chi connectivity index (χ1) is 6.74. The van der Waals surface area contributed by atoms with Crippen molar-refractivity contribution in [3.05, 3.63) is 36.2 Å². The molecule has 4 heteroatoms. The first kappa shape index (κ1) is 8.87. The zero-order valence-corrected chi connectivity index (χ0v) is 7.42. The van der Waals surface area contributed by atoms with E-state index in [4.69, 9.17) is 4.74 Å². The Morgan fingerprint density at radius 1 is 1.29 bits per heavy atom. The zero-order chi connectivity index (χ0) is 10.1. The second-order valence-electron chi connectivity index (χ2n) is 2.80. The predicted octanol–water partition coefficient (Wildman–Crippen LogP) is 2.52. The van der Waals surface area contributed by atoms with Crippen LogP contribution in [-0.4, -0.2) is 12.1 Å². The van der Waals surface area contributed by atoms with Crippen molar-refractivity contribution in [1.29, 1.82) is 0 Å². The fourth-order valence-electron chi connectivity index (χ4n) is 1.31. The summed E-state index contributed by atoms with van der Waals surface area (Å²) in [7, 11) is 1.30. The molecular weight excluding hydrogens is 188 g/mol. The zero-order valence-electron chi connectivity index (χ0n) is 7.42. The summed E-state index contributed by atoms with van der Waals surface area (Å²) in [4.78, 5) is 3.72. The number of ether oxygens (including phenoxy) is 1. The van der Waals surface area contributed by atoms with Crippen LogP contribution in [0.1, 0.15) is 0 Å². The topological polar surface area (TPSA) is 22.1 Å². The van der Waals surface area contributed by atoms with Crippen molar-refractivity contribution >= 4 is 10.8 Å². The van der Waals surface area contributed by atoms with Gasteiger partial charge in [-0.1, -0.05) is 0 Å². The van der Waals surface area contributed by atoms with Gasteiger partial charge in [0.1, 0.15) is 5.82 Å². The molecule has 2 aromatic rings. The van der Waals surface area contributed by atoms with Gasteiger partial charge in [0.2, 0.25) is 0 Å². The number of hydrogen-bond donors (Lipinski definition) is 0. The van der Waals surface area contributed by atoms with Gasteiger partial charge in [-0.3, -0.25) is 4.98 Å². The van der Waals surface area contributed by atoms with Crippen molar-refractivity contribution < 1.29 is 13.5 Å². The van der Waals surface area contributed by atoms with Crippen LogP contribution < -0.4 is 4.74 Å². The maximum Gasteiger partial charge on any atom is 0.173 e. The van der Waals surface area contributed by atoms with Gasteiger partial charge in [0.25, 0.3) is 0 Å². The van der Waals surface area contributed by atoms with E-state index in [0.29, 0.717) is 0 Å². The smallest absolute Gasteiger partial charge is 0.173 e. The number of methoxy groups -OCH3 is 1. The lowest BCUT2D eigenvalue weighted by atomic mass is 10.1. The van der Waals surface area contributed by atoms with Crippen LogP contribution >= 0.6 is 0 Å². The van der Waals surface area contributed by atoms with Gasteiger partial charge in [-0.15, -0.1) is 0 Å². The molecule has 0 bridgehead atoms. The minimum atomic E-state index is -0.564. The average Bonchev–Trinajstić information content (AvgIpc) is 2.23. The monoisotopic (exact) mass is 195 g/mol. The molecule has 0 atom stereocenters. The quantitative estimate of drug-likeness (QED) is 0.697. The van der Waals surface area contributed by atoms with Crippen LogP contribution in [0.15, 0.2) is 24.5 Å². The molecule has 1 heterocycles. The molecule has 0 saturated carbocycles. The molecule has 0 amide bonds. The fourth-order valence-corrected chi connectivity index (χ4v) is 1.31. The molecule has 0 aliphatic heterocycles. The standard InChI is InChI=1S/C10H7F2NO/c1-14-9-4-8(11)7-5-13-3-2-6(7)10(9)12/h2-5H,1H3. The molecule has 2 nitrogen and oxygen atoms in total. The molecule has 2 rings (SSSR count). The van der Waals surface area contributed by atoms with Crippen molar-refractivity contribution in [3.63, 3.8) is 0 Å². The number of benzene rings is 1. The minimum Gasteiger partial charge on any atom is -0.494 e. The van der Waals surface area contributed by atoms with Crippen molar-refractivity contribution in [1.82, 2.24) is 4.98 Å². The van der Waals surface area contributed by atoms with E-state index < -0.39 is 11.6 Å². The molecule has 1 aromatic carbocycles. The summed E-state index contributed by atoms with van der Waals surface area (Å²) >= 11 is 0. The lowest BCUT2D eigenvalue weighted by Crippen LogP contribution is -1.92. The minimum absolute atomic E-state index is 0.0961. The van der Waals surface area contributed by atoms with Crippen LogP contribution in [0, 0.1) is 11.6 Å². The Labute approximate surface area is 79.1 Å². The summed E-state index contributed by atoms with van der Waals surface area (Å²) in [6, 6.07) is 2.43. The summed E-state index contributed by atoms with van der Waals surface area (Å²) in [6.45, 7) is 0. The van der Waals surface area contributed by atoms with Gasteiger partial charge in [-0.25, -0.2) is 8.78 Å². The van der Waals surface area contributed by atoms with Gasteiger partial charge in [-0.05, 0) is 6.07 Å². The van der Waals surface area contributed by atoms with Gasteiger partial charge in [-0.2, -0.15) is 0 Å². The second-order valence-corrected chi connectivity index (χ2v) is 2.80. The number of nitrogens with zero attached hydrogens (tertiary/aromatic N) is 1. The predicted molar refractivity (Wildman–Crippen MR) is 48.2 cm³/mol. The highest BCUT2D eigenvalue weighted by molar-refractivity contribution is 5.84. The van der Waals surface area contributed by atoms with Crippen molar-refractivity contribution in [3.8, 4) is 5.75 Å². The number of halogens is 2. The molecule has 14 heavy (non-hydrogen) atoms. The summed E-state index contributed by atoms with van der Waals surface area (Å²) < 4.78 is 31.6. The molecule has 72 valence electrons. The van der Waals surface area contributed by atoms with Crippen LogP contribution in [0.3, 0.4) is 0 Å². The Hall–Kier alpha value is -1.71. The average molecular weight is 195 g/mol. The van der Waals surface area contributed by atoms with Gasteiger partial charge in [0, 0.05) is 29.2 Å². The third-order valence-corrected chi connectivity index (χ3v) is 2.01. The highest BCUT2D eigenvalue weighted by Gasteiger charge is 2.11. The van der Waals surface area contributed by atoms with E-state index in [1.54, 1.807) is 0 Å². The molecular formula is C10H7F2NO. The Kier molecular flexibility index (Phi) is 2.04. The van der Waals surface area contributed by atoms with Crippen molar-refractivity contribution in [2.24, 2.45) is 0 Å². The van der Waals surface area contributed by atoms with Crippen LogP contribution in [0.5, 0.6) is 5.75 Å². The molecule has 0 N–H and O–H groups in total. The lowest BCUT2D eigenvalue weighted by molar-refractivity contribution is 0.386. The highest BCUT2D eigenvalue weighted by Crippen LogP contribution is 2.27. The molecule has 0 unspecified atom stereocenters. The van der Waals surface area contributed by atoms with Crippen molar-refractivity contribution in [2.45, 2.75) is 0 Å². The highest BCUT2D eigenvalue weighted by atomic mass is 19.1. The van der Waals surface area contributed by atoms with Crippen LogP contribution in [0.25, 0.3) is 10.8 Å². The summed E-state index contributed by atoms with van der Waals surface area (Å²) in [5, 5.41) is 0.336. The van der Waals surface area contributed by atoms with Crippen LogP contribution in [-0.2, 0) is 0 Å². The van der Waals surface area contributed by atoms with Crippen LogP contribution in [0.4, 0.5) is 8.78 Å². The third kappa shape index (κ3) is 1.19. The summed E-state index contributed by atoms with van der Waals surface area (Å²) in [6.07, 6.45) is 2.69. The van der Waals surface area contributed by atoms with Gasteiger partial charge in [0.15, 0.2) is 11.6 Å². The Bertz CT molecular complexity index is 485. The SMILES string of the molecule is COc1cc(F)c2cnccc2c1F. The maximum atomic E-state index is 13.5. The Morgan fingerprint density at radius 2 is 2.07 bits per heavy atom. The van der Waals surface area contributed by atoms with E-state index in [0.717, 1.165) is 6.07 Å². The molecule has 0 aliphatic carbocycles. The number of hydrogen-bond acceptors (Lipinski definition) is 2. The van der Waals surface area contributed by atoms with E-state index in [2.05, 4.69) is 4.98 Å². The molecule has 1 aromatic heterocycles. The Morgan fingerprint density at radius 3 is 2.79 bits per heavy atom.